The maximum absolute atomic E-state index is 5.91. The average molecular weight is 255 g/mol. The largest absolute Gasteiger partial charge is 0.453 e. The van der Waals surface area contributed by atoms with Crippen LogP contribution < -0.4 is 21.1 Å². The molecule has 0 saturated carbocycles. The number of ether oxygens (including phenoxy) is 1. The molecule has 3 rings (SSSR count). The molecule has 0 spiro atoms. The highest BCUT2D eigenvalue weighted by molar-refractivity contribution is 5.79. The third kappa shape index (κ3) is 2.11. The van der Waals surface area contributed by atoms with Crippen LogP contribution in [0, 0.1) is 0 Å². The molecule has 19 heavy (non-hydrogen) atoms. The number of para-hydroxylation sites is 2. The van der Waals surface area contributed by atoms with Crippen LogP contribution in [0.4, 0.5) is 17.1 Å². The van der Waals surface area contributed by atoms with E-state index in [1.807, 2.05) is 36.4 Å². The number of benzene rings is 2. The molecule has 1 aliphatic rings. The van der Waals surface area contributed by atoms with Gasteiger partial charge in [0.25, 0.3) is 0 Å². The Morgan fingerprint density at radius 2 is 1.79 bits per heavy atom. The standard InChI is InChI=1S/C15H17N3O/c16-8-3-9-18-12-4-1-2-5-14(12)19-15-7-6-11(17)10-13(15)18/h1-2,4-7,10H,3,8-9,16-17H2. The van der Waals surface area contributed by atoms with E-state index in [4.69, 9.17) is 16.2 Å². The Kier molecular flexibility index (Phi) is 3.01. The van der Waals surface area contributed by atoms with Gasteiger partial charge >= 0.3 is 0 Å². The van der Waals surface area contributed by atoms with E-state index < -0.39 is 0 Å². The van der Waals surface area contributed by atoms with Crippen molar-refractivity contribution in [1.82, 2.24) is 0 Å². The molecule has 4 nitrogen and oxygen atoms in total. The smallest absolute Gasteiger partial charge is 0.151 e. The fraction of sp³-hybridized carbons (Fsp3) is 0.200. The van der Waals surface area contributed by atoms with E-state index in [-0.39, 0.29) is 0 Å². The second-order valence-corrected chi connectivity index (χ2v) is 4.59. The van der Waals surface area contributed by atoms with Crippen LogP contribution in [0.1, 0.15) is 6.42 Å². The van der Waals surface area contributed by atoms with Gasteiger partial charge in [-0.05, 0) is 43.3 Å². The first-order chi connectivity index (χ1) is 9.29. The lowest BCUT2D eigenvalue weighted by atomic mass is 10.1. The molecule has 0 radical (unpaired) electrons. The van der Waals surface area contributed by atoms with E-state index >= 15 is 0 Å². The van der Waals surface area contributed by atoms with Gasteiger partial charge in [0.1, 0.15) is 0 Å². The molecule has 1 heterocycles. The third-order valence-electron chi connectivity index (χ3n) is 3.24. The van der Waals surface area contributed by atoms with Gasteiger partial charge in [-0.25, -0.2) is 0 Å². The Morgan fingerprint density at radius 3 is 2.63 bits per heavy atom. The van der Waals surface area contributed by atoms with Crippen molar-refractivity contribution < 1.29 is 4.74 Å². The molecule has 0 atom stereocenters. The molecule has 0 fully saturated rings. The van der Waals surface area contributed by atoms with E-state index in [1.165, 1.54) is 0 Å². The van der Waals surface area contributed by atoms with Crippen LogP contribution in [0.25, 0.3) is 0 Å². The summed E-state index contributed by atoms with van der Waals surface area (Å²) >= 11 is 0. The minimum absolute atomic E-state index is 0.664. The van der Waals surface area contributed by atoms with Crippen molar-refractivity contribution in [2.75, 3.05) is 23.7 Å². The molecule has 4 heteroatoms. The van der Waals surface area contributed by atoms with Crippen LogP contribution in [0.5, 0.6) is 11.5 Å². The zero-order valence-corrected chi connectivity index (χ0v) is 10.7. The van der Waals surface area contributed by atoms with Crippen LogP contribution in [0.2, 0.25) is 0 Å². The molecule has 0 saturated heterocycles. The maximum atomic E-state index is 5.91. The third-order valence-corrected chi connectivity index (χ3v) is 3.24. The van der Waals surface area contributed by atoms with Crippen LogP contribution in [-0.4, -0.2) is 13.1 Å². The lowest BCUT2D eigenvalue weighted by Crippen LogP contribution is -2.24. The summed E-state index contributed by atoms with van der Waals surface area (Å²) in [5.41, 5.74) is 14.3. The first-order valence-electron chi connectivity index (χ1n) is 6.43. The first-order valence-corrected chi connectivity index (χ1v) is 6.43. The van der Waals surface area contributed by atoms with Gasteiger partial charge in [0.15, 0.2) is 11.5 Å². The SMILES string of the molecule is NCCCN1c2ccccc2Oc2ccc(N)cc21. The number of nitrogens with two attached hydrogens (primary N) is 2. The van der Waals surface area contributed by atoms with Gasteiger partial charge in [0.05, 0.1) is 11.4 Å². The van der Waals surface area contributed by atoms with Crippen LogP contribution in [0.3, 0.4) is 0 Å². The van der Waals surface area contributed by atoms with Crippen molar-refractivity contribution in [3.05, 3.63) is 42.5 Å². The van der Waals surface area contributed by atoms with Gasteiger partial charge < -0.3 is 21.1 Å². The predicted octanol–water partition coefficient (Wildman–Crippen LogP) is 2.86. The molecule has 98 valence electrons. The highest BCUT2D eigenvalue weighted by Gasteiger charge is 2.23. The minimum atomic E-state index is 0.664. The molecule has 2 aromatic carbocycles. The Balaban J connectivity index is 2.08. The number of fused-ring (bicyclic) bond motifs is 2. The molecule has 0 aliphatic carbocycles. The van der Waals surface area contributed by atoms with Crippen molar-refractivity contribution in [3.8, 4) is 11.5 Å². The van der Waals surface area contributed by atoms with E-state index in [1.54, 1.807) is 0 Å². The highest BCUT2D eigenvalue weighted by atomic mass is 16.5. The van der Waals surface area contributed by atoms with Crippen molar-refractivity contribution in [2.45, 2.75) is 6.42 Å². The molecular formula is C15H17N3O. The molecule has 0 amide bonds. The van der Waals surface area contributed by atoms with E-state index in [2.05, 4.69) is 11.0 Å². The van der Waals surface area contributed by atoms with Gasteiger partial charge in [-0.3, -0.25) is 0 Å². The monoisotopic (exact) mass is 255 g/mol. The lowest BCUT2D eigenvalue weighted by molar-refractivity contribution is 0.473. The summed E-state index contributed by atoms with van der Waals surface area (Å²) in [5.74, 6) is 1.71. The number of hydrogen-bond donors (Lipinski definition) is 2. The summed E-state index contributed by atoms with van der Waals surface area (Å²) < 4.78 is 5.91. The van der Waals surface area contributed by atoms with Crippen LogP contribution >= 0.6 is 0 Å². The van der Waals surface area contributed by atoms with Gasteiger partial charge in [0, 0.05) is 12.2 Å². The topological polar surface area (TPSA) is 64.5 Å². The van der Waals surface area contributed by atoms with Crippen molar-refractivity contribution in [1.29, 1.82) is 0 Å². The second kappa shape index (κ2) is 4.82. The first kappa shape index (κ1) is 11.9. The molecule has 1 aliphatic heterocycles. The second-order valence-electron chi connectivity index (χ2n) is 4.59. The summed E-state index contributed by atoms with van der Waals surface area (Å²) in [7, 11) is 0. The highest BCUT2D eigenvalue weighted by Crippen LogP contribution is 2.46. The lowest BCUT2D eigenvalue weighted by Gasteiger charge is -2.32. The Hall–Kier alpha value is -2.20. The fourth-order valence-electron chi connectivity index (χ4n) is 2.34. The molecule has 0 unspecified atom stereocenters. The van der Waals surface area contributed by atoms with Crippen molar-refractivity contribution in [3.63, 3.8) is 0 Å². The minimum Gasteiger partial charge on any atom is -0.453 e. The van der Waals surface area contributed by atoms with E-state index in [0.717, 1.165) is 41.5 Å². The van der Waals surface area contributed by atoms with Crippen LogP contribution in [0.15, 0.2) is 42.5 Å². The zero-order valence-electron chi connectivity index (χ0n) is 10.7. The Labute approximate surface area is 112 Å². The predicted molar refractivity (Wildman–Crippen MR) is 78.0 cm³/mol. The van der Waals surface area contributed by atoms with Gasteiger partial charge in [-0.2, -0.15) is 0 Å². The number of nitrogen functional groups attached to an aromatic ring is 1. The van der Waals surface area contributed by atoms with Crippen LogP contribution in [-0.2, 0) is 0 Å². The quantitative estimate of drug-likeness (QED) is 0.828. The van der Waals surface area contributed by atoms with E-state index in [0.29, 0.717) is 6.54 Å². The van der Waals surface area contributed by atoms with Crippen molar-refractivity contribution >= 4 is 17.1 Å². The molecule has 0 aromatic heterocycles. The molecular weight excluding hydrogens is 238 g/mol. The number of rotatable bonds is 3. The number of anilines is 3. The summed E-state index contributed by atoms with van der Waals surface area (Å²) in [5, 5.41) is 0. The molecule has 0 bridgehead atoms. The number of nitrogens with zero attached hydrogens (tertiary/aromatic N) is 1. The maximum Gasteiger partial charge on any atom is 0.151 e. The summed E-state index contributed by atoms with van der Waals surface area (Å²) in [4.78, 5) is 2.22. The molecule has 2 aromatic rings. The normalized spacial score (nSPS) is 12.6. The Bertz CT molecular complexity index is 598. The van der Waals surface area contributed by atoms with Gasteiger partial charge in [0.2, 0.25) is 0 Å². The van der Waals surface area contributed by atoms with Gasteiger partial charge in [-0.15, -0.1) is 0 Å². The molecule has 4 N–H and O–H groups in total. The summed E-state index contributed by atoms with van der Waals surface area (Å²) in [6.07, 6.45) is 0.919. The van der Waals surface area contributed by atoms with Crippen molar-refractivity contribution in [2.24, 2.45) is 5.73 Å². The van der Waals surface area contributed by atoms with E-state index in [9.17, 15) is 0 Å². The zero-order chi connectivity index (χ0) is 13.2. The Morgan fingerprint density at radius 1 is 1.00 bits per heavy atom. The average Bonchev–Trinajstić information content (AvgIpc) is 2.44. The fourth-order valence-corrected chi connectivity index (χ4v) is 2.34. The summed E-state index contributed by atoms with van der Waals surface area (Å²) in [6, 6.07) is 13.7. The number of hydrogen-bond acceptors (Lipinski definition) is 4. The summed E-state index contributed by atoms with van der Waals surface area (Å²) in [6.45, 7) is 1.52. The van der Waals surface area contributed by atoms with Gasteiger partial charge in [-0.1, -0.05) is 12.1 Å².